The van der Waals surface area contributed by atoms with Crippen LogP contribution in [0, 0.1) is 5.92 Å². The molecule has 1 fully saturated rings. The van der Waals surface area contributed by atoms with Gasteiger partial charge in [0, 0.05) is 12.0 Å². The summed E-state index contributed by atoms with van der Waals surface area (Å²) < 4.78 is 0. The molecule has 2 aliphatic rings. The smallest absolute Gasteiger partial charge is 0.0471 e. The summed E-state index contributed by atoms with van der Waals surface area (Å²) in [5, 5.41) is 9.48. The van der Waals surface area contributed by atoms with Crippen LogP contribution in [0.15, 0.2) is 48.5 Å². The van der Waals surface area contributed by atoms with Crippen molar-refractivity contribution in [3.63, 3.8) is 0 Å². The van der Waals surface area contributed by atoms with Crippen LogP contribution in [-0.2, 0) is 5.41 Å². The van der Waals surface area contributed by atoms with E-state index >= 15 is 0 Å². The molecule has 1 nitrogen and oxygen atoms in total. The molecule has 0 aliphatic heterocycles. The number of aliphatic hydroxyl groups is 1. The summed E-state index contributed by atoms with van der Waals surface area (Å²) in [7, 11) is 0. The van der Waals surface area contributed by atoms with Crippen LogP contribution in [0.1, 0.15) is 17.5 Å². The van der Waals surface area contributed by atoms with Crippen molar-refractivity contribution >= 4 is 0 Å². The van der Waals surface area contributed by atoms with E-state index in [9.17, 15) is 5.11 Å². The van der Waals surface area contributed by atoms with Crippen molar-refractivity contribution in [2.75, 3.05) is 6.61 Å². The Morgan fingerprint density at radius 3 is 1.94 bits per heavy atom. The minimum Gasteiger partial charge on any atom is -0.396 e. The highest BCUT2D eigenvalue weighted by Gasteiger charge is 2.60. The van der Waals surface area contributed by atoms with Gasteiger partial charge in [0.2, 0.25) is 0 Å². The molecule has 84 valence electrons. The van der Waals surface area contributed by atoms with Crippen LogP contribution in [0.4, 0.5) is 0 Å². The third-order valence-corrected chi connectivity index (χ3v) is 4.43. The first-order valence-electron chi connectivity index (χ1n) is 6.18. The summed E-state index contributed by atoms with van der Waals surface area (Å²) in [5.74, 6) is 0.410. The second-order valence-corrected chi connectivity index (χ2v) is 5.15. The van der Waals surface area contributed by atoms with Crippen LogP contribution < -0.4 is 0 Å². The summed E-state index contributed by atoms with van der Waals surface area (Å²) in [4.78, 5) is 0. The van der Waals surface area contributed by atoms with Gasteiger partial charge in [0.1, 0.15) is 0 Å². The Balaban J connectivity index is 2.05. The topological polar surface area (TPSA) is 20.2 Å². The van der Waals surface area contributed by atoms with Gasteiger partial charge in [-0.25, -0.2) is 0 Å². The average molecular weight is 222 g/mol. The fraction of sp³-hybridized carbons (Fsp3) is 0.250. The van der Waals surface area contributed by atoms with Crippen molar-refractivity contribution in [1.29, 1.82) is 0 Å². The number of hydrogen-bond donors (Lipinski definition) is 1. The standard InChI is InChI=1S/C16H14O/c17-10-11-9-16(11)14-7-3-1-5-12(14)13-6-2-4-8-15(13)16/h1-8,11,17H,9-10H2/t11-/m1/s1. The predicted octanol–water partition coefficient (Wildman–Crippen LogP) is 2.97. The van der Waals surface area contributed by atoms with Crippen molar-refractivity contribution in [2.24, 2.45) is 5.92 Å². The van der Waals surface area contributed by atoms with Gasteiger partial charge in [0.15, 0.2) is 0 Å². The third-order valence-electron chi connectivity index (χ3n) is 4.43. The summed E-state index contributed by atoms with van der Waals surface area (Å²) in [6.07, 6.45) is 1.09. The minimum atomic E-state index is 0.127. The summed E-state index contributed by atoms with van der Waals surface area (Å²) in [6, 6.07) is 17.3. The van der Waals surface area contributed by atoms with E-state index in [1.165, 1.54) is 22.3 Å². The highest BCUT2D eigenvalue weighted by Crippen LogP contribution is 2.65. The second-order valence-electron chi connectivity index (χ2n) is 5.15. The molecule has 0 aromatic heterocycles. The van der Waals surface area contributed by atoms with Gasteiger partial charge in [-0.05, 0) is 34.6 Å². The molecule has 0 bridgehead atoms. The van der Waals surface area contributed by atoms with E-state index < -0.39 is 0 Å². The van der Waals surface area contributed by atoms with Gasteiger partial charge in [0.25, 0.3) is 0 Å². The second kappa shape index (κ2) is 2.99. The first-order valence-corrected chi connectivity index (χ1v) is 6.18. The number of fused-ring (bicyclic) bond motifs is 5. The minimum absolute atomic E-state index is 0.127. The average Bonchev–Trinajstić information content (AvgIpc) is 3.07. The molecule has 2 aromatic carbocycles. The van der Waals surface area contributed by atoms with Gasteiger partial charge >= 0.3 is 0 Å². The lowest BCUT2D eigenvalue weighted by molar-refractivity contribution is 0.268. The van der Waals surface area contributed by atoms with Gasteiger partial charge in [0.05, 0.1) is 0 Å². The molecule has 0 amide bonds. The zero-order valence-corrected chi connectivity index (χ0v) is 9.56. The van der Waals surface area contributed by atoms with Crippen molar-refractivity contribution < 1.29 is 5.11 Å². The first kappa shape index (κ1) is 9.43. The number of rotatable bonds is 1. The van der Waals surface area contributed by atoms with Crippen LogP contribution in [0.2, 0.25) is 0 Å². The molecule has 1 N–H and O–H groups in total. The quantitative estimate of drug-likeness (QED) is 0.786. The normalized spacial score (nSPS) is 22.3. The molecule has 0 heterocycles. The molecule has 4 rings (SSSR count). The molecule has 0 saturated heterocycles. The maximum absolute atomic E-state index is 9.48. The van der Waals surface area contributed by atoms with Gasteiger partial charge in [-0.2, -0.15) is 0 Å². The van der Waals surface area contributed by atoms with E-state index in [2.05, 4.69) is 48.5 Å². The van der Waals surface area contributed by atoms with E-state index in [1.807, 2.05) is 0 Å². The van der Waals surface area contributed by atoms with Crippen molar-refractivity contribution in [2.45, 2.75) is 11.8 Å². The van der Waals surface area contributed by atoms with E-state index in [4.69, 9.17) is 0 Å². The Morgan fingerprint density at radius 2 is 1.47 bits per heavy atom. The highest BCUT2D eigenvalue weighted by molar-refractivity contribution is 5.83. The lowest BCUT2D eigenvalue weighted by Gasteiger charge is -2.12. The maximum Gasteiger partial charge on any atom is 0.0471 e. The molecular weight excluding hydrogens is 208 g/mol. The van der Waals surface area contributed by atoms with Crippen LogP contribution in [0.3, 0.4) is 0 Å². The van der Waals surface area contributed by atoms with Gasteiger partial charge in [-0.3, -0.25) is 0 Å². The summed E-state index contributed by atoms with van der Waals surface area (Å²) >= 11 is 0. The van der Waals surface area contributed by atoms with Gasteiger partial charge in [-0.15, -0.1) is 0 Å². The largest absolute Gasteiger partial charge is 0.396 e. The third kappa shape index (κ3) is 0.985. The van der Waals surface area contributed by atoms with Crippen molar-refractivity contribution in [3.8, 4) is 11.1 Å². The summed E-state index contributed by atoms with van der Waals surface area (Å²) in [5.41, 5.74) is 5.68. The lowest BCUT2D eigenvalue weighted by atomic mass is 9.91. The van der Waals surface area contributed by atoms with E-state index in [0.29, 0.717) is 12.5 Å². The maximum atomic E-state index is 9.48. The molecule has 0 radical (unpaired) electrons. The van der Waals surface area contributed by atoms with Crippen LogP contribution >= 0.6 is 0 Å². The lowest BCUT2D eigenvalue weighted by Crippen LogP contribution is -2.09. The van der Waals surface area contributed by atoms with Crippen LogP contribution in [0.5, 0.6) is 0 Å². The van der Waals surface area contributed by atoms with Crippen LogP contribution in [0.25, 0.3) is 11.1 Å². The molecular formula is C16H14O. The molecule has 1 atom stereocenters. The fourth-order valence-electron chi connectivity index (χ4n) is 3.57. The van der Waals surface area contributed by atoms with E-state index in [-0.39, 0.29) is 5.41 Å². The SMILES string of the molecule is OC[C@H]1CC12c1ccccc1-c1ccccc12. The predicted molar refractivity (Wildman–Crippen MR) is 67.9 cm³/mol. The number of hydrogen-bond acceptors (Lipinski definition) is 1. The van der Waals surface area contributed by atoms with Gasteiger partial charge in [-0.1, -0.05) is 48.5 Å². The first-order chi connectivity index (χ1) is 8.38. The van der Waals surface area contributed by atoms with Crippen molar-refractivity contribution in [1.82, 2.24) is 0 Å². The Morgan fingerprint density at radius 1 is 0.941 bits per heavy atom. The van der Waals surface area contributed by atoms with E-state index in [1.54, 1.807) is 0 Å². The molecule has 17 heavy (non-hydrogen) atoms. The molecule has 1 spiro atoms. The highest BCUT2D eigenvalue weighted by atomic mass is 16.3. The van der Waals surface area contributed by atoms with Crippen LogP contribution in [-0.4, -0.2) is 11.7 Å². The molecule has 0 unspecified atom stereocenters. The molecule has 2 aliphatic carbocycles. The molecule has 2 aromatic rings. The monoisotopic (exact) mass is 222 g/mol. The van der Waals surface area contributed by atoms with Gasteiger partial charge < -0.3 is 5.11 Å². The Bertz CT molecular complexity index is 554. The number of aliphatic hydroxyl groups excluding tert-OH is 1. The zero-order chi connectivity index (χ0) is 11.5. The fourth-order valence-corrected chi connectivity index (χ4v) is 3.57. The Labute approximate surface area is 101 Å². The van der Waals surface area contributed by atoms with Crippen molar-refractivity contribution in [3.05, 3.63) is 59.7 Å². The van der Waals surface area contributed by atoms with E-state index in [0.717, 1.165) is 6.42 Å². The Kier molecular flexibility index (Phi) is 1.66. The molecule has 1 heteroatoms. The summed E-state index contributed by atoms with van der Waals surface area (Å²) in [6.45, 7) is 0.294. The number of benzene rings is 2. The Hall–Kier alpha value is -1.60. The molecule has 1 saturated carbocycles. The zero-order valence-electron chi connectivity index (χ0n) is 9.56.